The fourth-order valence-corrected chi connectivity index (χ4v) is 5.15. The van der Waals surface area contributed by atoms with Crippen molar-refractivity contribution in [3.05, 3.63) is 111 Å². The molecule has 1 aliphatic heterocycles. The molecule has 1 aliphatic carbocycles. The van der Waals surface area contributed by atoms with Crippen LogP contribution in [0.2, 0.25) is 10.0 Å². The van der Waals surface area contributed by atoms with Gasteiger partial charge < -0.3 is 5.11 Å². The lowest BCUT2D eigenvalue weighted by molar-refractivity contribution is 0.0646. The van der Waals surface area contributed by atoms with E-state index in [9.17, 15) is 14.7 Å². The van der Waals surface area contributed by atoms with Crippen molar-refractivity contribution in [3.8, 4) is 0 Å². The molecule has 2 atom stereocenters. The minimum absolute atomic E-state index is 0.00980. The SMILES string of the molecule is O=C(O)c1ccccc1C(=O)N1N=C2C(=Cc3ccc(Cl)cc3)CCCC2C1c1ccc(Cl)cc1. The Hall–Kier alpha value is -3.41. The topological polar surface area (TPSA) is 70.0 Å². The zero-order chi connectivity index (χ0) is 24.5. The van der Waals surface area contributed by atoms with E-state index >= 15 is 0 Å². The lowest BCUT2D eigenvalue weighted by atomic mass is 9.77. The number of nitrogens with zero attached hydrogens (tertiary/aromatic N) is 2. The van der Waals surface area contributed by atoms with E-state index in [0.29, 0.717) is 10.0 Å². The zero-order valence-corrected chi connectivity index (χ0v) is 20.2. The van der Waals surface area contributed by atoms with Crippen LogP contribution in [0.25, 0.3) is 6.08 Å². The Balaban J connectivity index is 1.60. The number of hydrogen-bond donors (Lipinski definition) is 1. The van der Waals surface area contributed by atoms with Gasteiger partial charge in [0, 0.05) is 16.0 Å². The molecule has 0 saturated heterocycles. The number of carboxylic acids is 1. The van der Waals surface area contributed by atoms with Gasteiger partial charge in [-0.25, -0.2) is 9.80 Å². The van der Waals surface area contributed by atoms with Crippen LogP contribution in [0.4, 0.5) is 0 Å². The number of allylic oxidation sites excluding steroid dienone is 1. The number of halogens is 2. The Kier molecular flexibility index (Phi) is 6.46. The van der Waals surface area contributed by atoms with E-state index in [-0.39, 0.29) is 23.1 Å². The third kappa shape index (κ3) is 4.62. The molecule has 5 rings (SSSR count). The van der Waals surface area contributed by atoms with Crippen molar-refractivity contribution in [2.24, 2.45) is 11.0 Å². The first-order valence-electron chi connectivity index (χ1n) is 11.4. The number of rotatable bonds is 4. The van der Waals surface area contributed by atoms with Gasteiger partial charge in [0.05, 0.1) is 22.9 Å². The van der Waals surface area contributed by atoms with Gasteiger partial charge in [0.15, 0.2) is 0 Å². The summed E-state index contributed by atoms with van der Waals surface area (Å²) in [5.74, 6) is -1.59. The second kappa shape index (κ2) is 9.68. The molecule has 0 spiro atoms. The van der Waals surface area contributed by atoms with Gasteiger partial charge in [0.1, 0.15) is 0 Å². The monoisotopic (exact) mass is 504 g/mol. The molecule has 2 aliphatic rings. The van der Waals surface area contributed by atoms with Gasteiger partial charge in [0.25, 0.3) is 5.91 Å². The molecule has 176 valence electrons. The number of aromatic carboxylic acids is 1. The molecule has 0 aromatic heterocycles. The molecule has 1 N–H and O–H groups in total. The highest BCUT2D eigenvalue weighted by molar-refractivity contribution is 6.30. The lowest BCUT2D eigenvalue weighted by Gasteiger charge is -2.30. The number of benzene rings is 3. The summed E-state index contributed by atoms with van der Waals surface area (Å²) < 4.78 is 0. The quantitative estimate of drug-likeness (QED) is 0.410. The minimum Gasteiger partial charge on any atom is -0.478 e. The number of amides is 1. The van der Waals surface area contributed by atoms with Crippen molar-refractivity contribution in [1.29, 1.82) is 0 Å². The maximum absolute atomic E-state index is 13.8. The van der Waals surface area contributed by atoms with Crippen LogP contribution in [0.3, 0.4) is 0 Å². The highest BCUT2D eigenvalue weighted by atomic mass is 35.5. The van der Waals surface area contributed by atoms with E-state index in [4.69, 9.17) is 28.3 Å². The van der Waals surface area contributed by atoms with Crippen LogP contribution < -0.4 is 0 Å². The van der Waals surface area contributed by atoms with Crippen molar-refractivity contribution in [2.75, 3.05) is 0 Å². The predicted molar refractivity (Wildman–Crippen MR) is 138 cm³/mol. The average molecular weight is 505 g/mol. The van der Waals surface area contributed by atoms with Gasteiger partial charge >= 0.3 is 5.97 Å². The van der Waals surface area contributed by atoms with Crippen molar-refractivity contribution >= 4 is 46.9 Å². The lowest BCUT2D eigenvalue weighted by Crippen LogP contribution is -2.32. The van der Waals surface area contributed by atoms with Gasteiger partial charge in [0.2, 0.25) is 0 Å². The van der Waals surface area contributed by atoms with Crippen LogP contribution in [0.1, 0.15) is 57.1 Å². The number of hydrogen-bond acceptors (Lipinski definition) is 3. The second-order valence-corrected chi connectivity index (χ2v) is 9.57. The fourth-order valence-electron chi connectivity index (χ4n) is 4.90. The molecule has 5 nitrogen and oxygen atoms in total. The molecule has 35 heavy (non-hydrogen) atoms. The third-order valence-electron chi connectivity index (χ3n) is 6.52. The molecule has 1 heterocycles. The Morgan fingerprint density at radius 2 is 1.54 bits per heavy atom. The molecule has 0 radical (unpaired) electrons. The van der Waals surface area contributed by atoms with E-state index in [1.165, 1.54) is 17.1 Å². The smallest absolute Gasteiger partial charge is 0.336 e. The Morgan fingerprint density at radius 3 is 2.20 bits per heavy atom. The maximum atomic E-state index is 13.8. The van der Waals surface area contributed by atoms with Gasteiger partial charge in [-0.2, -0.15) is 5.10 Å². The van der Waals surface area contributed by atoms with Crippen molar-refractivity contribution in [2.45, 2.75) is 25.3 Å². The predicted octanol–water partition coefficient (Wildman–Crippen LogP) is 7.13. The van der Waals surface area contributed by atoms with Crippen LogP contribution in [-0.4, -0.2) is 27.7 Å². The van der Waals surface area contributed by atoms with Gasteiger partial charge in [-0.3, -0.25) is 4.79 Å². The van der Waals surface area contributed by atoms with E-state index in [1.54, 1.807) is 24.3 Å². The third-order valence-corrected chi connectivity index (χ3v) is 7.02. The zero-order valence-electron chi connectivity index (χ0n) is 18.7. The van der Waals surface area contributed by atoms with Crippen LogP contribution >= 0.6 is 23.2 Å². The summed E-state index contributed by atoms with van der Waals surface area (Å²) in [6.07, 6.45) is 4.77. The van der Waals surface area contributed by atoms with Gasteiger partial charge in [-0.15, -0.1) is 0 Å². The number of carboxylic acid groups (broad SMARTS) is 1. The number of carbonyl (C=O) groups is 2. The fraction of sp³-hybridized carbons (Fsp3) is 0.179. The normalized spacial score (nSPS) is 20.5. The van der Waals surface area contributed by atoms with Crippen LogP contribution in [-0.2, 0) is 0 Å². The summed E-state index contributed by atoms with van der Waals surface area (Å²) in [5, 5.41) is 17.2. The van der Waals surface area contributed by atoms with E-state index in [1.807, 2.05) is 36.4 Å². The van der Waals surface area contributed by atoms with E-state index < -0.39 is 11.9 Å². The summed E-state index contributed by atoms with van der Waals surface area (Å²) in [6.45, 7) is 0. The highest BCUT2D eigenvalue weighted by Gasteiger charge is 2.44. The van der Waals surface area contributed by atoms with Crippen LogP contribution in [0, 0.1) is 5.92 Å². The summed E-state index contributed by atoms with van der Waals surface area (Å²) in [4.78, 5) is 25.6. The van der Waals surface area contributed by atoms with Gasteiger partial charge in [-0.1, -0.05) is 59.6 Å². The average Bonchev–Trinajstić information content (AvgIpc) is 3.26. The van der Waals surface area contributed by atoms with Gasteiger partial charge in [-0.05, 0) is 78.4 Å². The molecular formula is C28H22Cl2N2O3. The van der Waals surface area contributed by atoms with Crippen molar-refractivity contribution in [1.82, 2.24) is 5.01 Å². The Labute approximate surface area is 213 Å². The summed E-state index contributed by atoms with van der Waals surface area (Å²) >= 11 is 12.2. The Bertz CT molecular complexity index is 1350. The van der Waals surface area contributed by atoms with Crippen molar-refractivity contribution < 1.29 is 14.7 Å². The molecular weight excluding hydrogens is 483 g/mol. The largest absolute Gasteiger partial charge is 0.478 e. The first-order chi connectivity index (χ1) is 16.9. The minimum atomic E-state index is -1.15. The standard InChI is InChI=1S/C28H22Cl2N2O3/c29-20-12-8-17(9-13-20)16-19-4-3-7-24-25(19)31-32(26(24)18-10-14-21(30)15-11-18)27(33)22-5-1-2-6-23(22)28(34)35/h1-2,5-6,8-16,24,26H,3-4,7H2,(H,34,35). The first-order valence-corrected chi connectivity index (χ1v) is 12.1. The number of hydrazone groups is 1. The highest BCUT2D eigenvalue weighted by Crippen LogP contribution is 2.45. The Morgan fingerprint density at radius 1 is 0.914 bits per heavy atom. The molecule has 7 heteroatoms. The van der Waals surface area contributed by atoms with E-state index in [0.717, 1.165) is 41.7 Å². The molecule has 1 amide bonds. The van der Waals surface area contributed by atoms with Crippen LogP contribution in [0.15, 0.2) is 83.5 Å². The molecule has 1 saturated carbocycles. The summed E-state index contributed by atoms with van der Waals surface area (Å²) in [7, 11) is 0. The molecule has 0 bridgehead atoms. The second-order valence-electron chi connectivity index (χ2n) is 8.70. The first kappa shape index (κ1) is 23.3. The van der Waals surface area contributed by atoms with Crippen molar-refractivity contribution in [3.63, 3.8) is 0 Å². The number of fused-ring (bicyclic) bond motifs is 1. The molecule has 3 aromatic rings. The summed E-state index contributed by atoms with van der Waals surface area (Å²) in [6, 6.07) is 20.9. The molecule has 3 aromatic carbocycles. The molecule has 2 unspecified atom stereocenters. The maximum Gasteiger partial charge on any atom is 0.336 e. The number of carbonyl (C=O) groups excluding carboxylic acids is 1. The van der Waals surface area contributed by atoms with Crippen LogP contribution in [0.5, 0.6) is 0 Å². The molecule has 1 fully saturated rings. The summed E-state index contributed by atoms with van der Waals surface area (Å²) in [5.41, 5.74) is 3.94. The van der Waals surface area contributed by atoms with E-state index in [2.05, 4.69) is 6.08 Å².